The van der Waals surface area contributed by atoms with E-state index in [9.17, 15) is 27.6 Å². The maximum absolute atomic E-state index is 13.2. The van der Waals surface area contributed by atoms with Crippen molar-refractivity contribution in [3.05, 3.63) is 47.2 Å². The number of H-pyrrole nitrogens is 2. The number of hydrogen-bond donors (Lipinski definition) is 3. The monoisotopic (exact) mass is 550 g/mol. The number of Topliss-reactive ketones (excluding diaryl/α,β-unsaturated/α-hetero) is 1. The second kappa shape index (κ2) is 13.3. The van der Waals surface area contributed by atoms with Crippen molar-refractivity contribution in [1.82, 2.24) is 20.3 Å². The molecular weight excluding hydrogens is 517 g/mol. The van der Waals surface area contributed by atoms with Crippen LogP contribution in [-0.2, 0) is 32.1 Å². The Labute approximate surface area is 223 Å². The molecule has 1 atom stereocenters. The molecule has 0 bridgehead atoms. The number of carbonyl (C=O) groups is 3. The van der Waals surface area contributed by atoms with Gasteiger partial charge in [-0.05, 0) is 43.5 Å². The summed E-state index contributed by atoms with van der Waals surface area (Å²) in [6.07, 6.45) is -0.101. The minimum absolute atomic E-state index is 0.0806. The number of ether oxygens (including phenoxy) is 2. The highest BCUT2D eigenvalue weighted by Crippen LogP contribution is 2.27. The van der Waals surface area contributed by atoms with Crippen LogP contribution in [0.25, 0.3) is 10.9 Å². The zero-order valence-electron chi connectivity index (χ0n) is 22.2. The number of methoxy groups -OCH3 is 1. The van der Waals surface area contributed by atoms with Gasteiger partial charge in [0.05, 0.1) is 31.5 Å². The van der Waals surface area contributed by atoms with Gasteiger partial charge < -0.3 is 24.8 Å². The number of hydrogen-bond acceptors (Lipinski definition) is 6. The van der Waals surface area contributed by atoms with E-state index < -0.39 is 24.8 Å². The van der Waals surface area contributed by atoms with Gasteiger partial charge in [0.25, 0.3) is 0 Å². The smallest absolute Gasteiger partial charge is 0.490 e. The number of aryl methyl sites for hydroxylation is 1. The highest BCUT2D eigenvalue weighted by atomic mass is 19.4. The second-order valence-corrected chi connectivity index (χ2v) is 9.30. The molecular formula is C27H33F3N4O5. The van der Waals surface area contributed by atoms with E-state index in [1.54, 1.807) is 7.11 Å². The molecule has 0 saturated carbocycles. The summed E-state index contributed by atoms with van der Waals surface area (Å²) in [5.41, 5.74) is 2.70. The number of aromatic amines is 2. The number of carbonyl (C=O) groups excluding carboxylic acids is 3. The van der Waals surface area contributed by atoms with Crippen LogP contribution in [0.4, 0.5) is 13.2 Å². The van der Waals surface area contributed by atoms with E-state index in [0.29, 0.717) is 37.3 Å². The largest absolute Gasteiger partial charge is 0.497 e. The molecule has 12 heteroatoms. The van der Waals surface area contributed by atoms with E-state index in [1.807, 2.05) is 32.0 Å². The van der Waals surface area contributed by atoms with Crippen LogP contribution in [0.1, 0.15) is 74.3 Å². The second-order valence-electron chi connectivity index (χ2n) is 9.30. The number of unbranched alkanes of at least 4 members (excludes halogenated alkanes) is 2. The number of imidazole rings is 1. The molecule has 0 fully saturated rings. The van der Waals surface area contributed by atoms with E-state index in [0.717, 1.165) is 35.0 Å². The van der Waals surface area contributed by atoms with Crippen LogP contribution in [0.3, 0.4) is 0 Å². The number of rotatable bonds is 14. The van der Waals surface area contributed by atoms with E-state index in [1.165, 1.54) is 6.20 Å². The molecule has 3 aromatic rings. The van der Waals surface area contributed by atoms with Gasteiger partial charge in [0.1, 0.15) is 24.0 Å². The summed E-state index contributed by atoms with van der Waals surface area (Å²) in [6.45, 7) is 3.06. The number of fused-ring (bicyclic) bond motifs is 1. The molecule has 0 spiro atoms. The average Bonchev–Trinajstić information content (AvgIpc) is 3.49. The van der Waals surface area contributed by atoms with Gasteiger partial charge in [-0.15, -0.1) is 0 Å². The van der Waals surface area contributed by atoms with Crippen LogP contribution in [0.15, 0.2) is 24.4 Å². The van der Waals surface area contributed by atoms with E-state index in [4.69, 9.17) is 4.74 Å². The highest BCUT2D eigenvalue weighted by Gasteiger charge is 2.41. The van der Waals surface area contributed by atoms with Gasteiger partial charge in [0.2, 0.25) is 5.91 Å². The molecule has 1 aromatic carbocycles. The Bertz CT molecular complexity index is 1300. The van der Waals surface area contributed by atoms with Crippen molar-refractivity contribution in [2.45, 2.75) is 77.6 Å². The molecule has 9 nitrogen and oxygen atoms in total. The van der Waals surface area contributed by atoms with Gasteiger partial charge in [0, 0.05) is 29.4 Å². The molecule has 0 aliphatic heterocycles. The third-order valence-corrected chi connectivity index (χ3v) is 6.41. The molecule has 39 heavy (non-hydrogen) atoms. The topological polar surface area (TPSA) is 126 Å². The Kier molecular flexibility index (Phi) is 10.1. The van der Waals surface area contributed by atoms with Crippen LogP contribution in [0, 0.1) is 6.92 Å². The molecule has 2 heterocycles. The molecule has 1 unspecified atom stereocenters. The number of esters is 1. The molecule has 1 amide bonds. The first kappa shape index (κ1) is 29.7. The fourth-order valence-corrected chi connectivity index (χ4v) is 4.28. The van der Waals surface area contributed by atoms with Crippen molar-refractivity contribution >= 4 is 28.6 Å². The number of nitrogens with zero attached hydrogens (tertiary/aromatic N) is 1. The van der Waals surface area contributed by atoms with Crippen molar-refractivity contribution in [2.24, 2.45) is 0 Å². The van der Waals surface area contributed by atoms with Gasteiger partial charge in [-0.2, -0.15) is 13.2 Å². The molecule has 2 aromatic heterocycles. The minimum atomic E-state index is -5.09. The van der Waals surface area contributed by atoms with Crippen LogP contribution in [0.2, 0.25) is 0 Å². The zero-order valence-corrected chi connectivity index (χ0v) is 22.2. The number of nitrogens with one attached hydrogen (secondary N) is 3. The third kappa shape index (κ3) is 8.33. The van der Waals surface area contributed by atoms with Crippen molar-refractivity contribution in [2.75, 3.05) is 7.11 Å². The third-order valence-electron chi connectivity index (χ3n) is 6.41. The summed E-state index contributed by atoms with van der Waals surface area (Å²) in [7, 11) is 1.57. The number of amides is 1. The number of halogens is 3. The van der Waals surface area contributed by atoms with Gasteiger partial charge in [-0.25, -0.2) is 9.78 Å². The fourth-order valence-electron chi connectivity index (χ4n) is 4.28. The van der Waals surface area contributed by atoms with Gasteiger partial charge in [-0.1, -0.05) is 19.8 Å². The highest BCUT2D eigenvalue weighted by molar-refractivity contribution is 5.91. The molecule has 3 rings (SSSR count). The summed E-state index contributed by atoms with van der Waals surface area (Å²) in [5.74, 6) is -1.37. The van der Waals surface area contributed by atoms with Gasteiger partial charge in [0.15, 0.2) is 0 Å². The predicted octanol–water partition coefficient (Wildman–Crippen LogP) is 5.14. The van der Waals surface area contributed by atoms with Crippen molar-refractivity contribution in [1.29, 1.82) is 0 Å². The summed E-state index contributed by atoms with van der Waals surface area (Å²) < 4.78 is 46.9. The number of ketones is 1. The normalized spacial score (nSPS) is 12.4. The molecule has 0 radical (unpaired) electrons. The quantitative estimate of drug-likeness (QED) is 0.188. The summed E-state index contributed by atoms with van der Waals surface area (Å²) in [4.78, 5) is 46.1. The van der Waals surface area contributed by atoms with Crippen molar-refractivity contribution in [3.8, 4) is 5.75 Å². The zero-order chi connectivity index (χ0) is 28.6. The minimum Gasteiger partial charge on any atom is -0.497 e. The molecule has 0 aliphatic carbocycles. The maximum atomic E-state index is 13.2. The summed E-state index contributed by atoms with van der Waals surface area (Å²) >= 11 is 0. The Morgan fingerprint density at radius 1 is 1.13 bits per heavy atom. The van der Waals surface area contributed by atoms with Crippen LogP contribution >= 0.6 is 0 Å². The first-order valence-electron chi connectivity index (χ1n) is 12.8. The van der Waals surface area contributed by atoms with E-state index in [-0.39, 0.29) is 23.8 Å². The van der Waals surface area contributed by atoms with Gasteiger partial charge in [-0.3, -0.25) is 9.59 Å². The van der Waals surface area contributed by atoms with Crippen molar-refractivity contribution < 1.29 is 37.0 Å². The summed E-state index contributed by atoms with van der Waals surface area (Å²) in [6, 6.07) is 5.00. The lowest BCUT2D eigenvalue weighted by Crippen LogP contribution is -2.30. The Morgan fingerprint density at radius 3 is 2.59 bits per heavy atom. The fraction of sp³-hybridized carbons (Fsp3) is 0.481. The maximum Gasteiger partial charge on any atom is 0.490 e. The number of benzene rings is 1. The van der Waals surface area contributed by atoms with E-state index >= 15 is 0 Å². The first-order valence-corrected chi connectivity index (χ1v) is 12.8. The lowest BCUT2D eigenvalue weighted by molar-refractivity contribution is -0.201. The molecule has 212 valence electrons. The Hall–Kier alpha value is -3.83. The van der Waals surface area contributed by atoms with Crippen molar-refractivity contribution in [3.63, 3.8) is 0 Å². The van der Waals surface area contributed by atoms with Crippen LogP contribution < -0.4 is 10.1 Å². The lowest BCUT2D eigenvalue weighted by atomic mass is 10.0. The van der Waals surface area contributed by atoms with E-state index in [2.05, 4.69) is 25.0 Å². The summed E-state index contributed by atoms with van der Waals surface area (Å²) in [5, 5.41) is 3.84. The number of aromatic nitrogens is 3. The molecule has 3 N–H and O–H groups in total. The van der Waals surface area contributed by atoms with Gasteiger partial charge >= 0.3 is 12.1 Å². The van der Waals surface area contributed by atoms with Crippen LogP contribution in [-0.4, -0.2) is 45.9 Å². The molecule has 0 saturated heterocycles. The predicted molar refractivity (Wildman–Crippen MR) is 137 cm³/mol. The Morgan fingerprint density at radius 2 is 1.90 bits per heavy atom. The first-order chi connectivity index (χ1) is 18.5. The standard InChI is InChI=1S/C27H33F3N4O5/c1-4-18(35)8-6-5-7-9-23(25-31-14-17(33-25)15-39-26(37)27(28,29)30)34-24(36)13-20-16(2)32-22-11-10-19(38-3)12-21(20)22/h10-12,14,23,32H,4-9,13,15H2,1-3H3,(H,31,33)(H,34,36). The SMILES string of the molecule is CCC(=O)CCCCCC(NC(=O)Cc1c(C)[nH]c2ccc(OC)cc12)c1ncc(COC(=O)C(F)(F)F)[nH]1. The average molecular weight is 551 g/mol. The lowest BCUT2D eigenvalue weighted by Gasteiger charge is -2.17. The number of alkyl halides is 3. The molecule has 0 aliphatic rings. The van der Waals surface area contributed by atoms with Crippen LogP contribution in [0.5, 0.6) is 5.75 Å². The Balaban J connectivity index is 1.71.